The molecule has 14 heavy (non-hydrogen) atoms. The third-order valence-corrected chi connectivity index (χ3v) is 3.36. The molecule has 0 aliphatic heterocycles. The average molecular weight is 190 g/mol. The van der Waals surface area contributed by atoms with Crippen molar-refractivity contribution in [3.63, 3.8) is 0 Å². The Morgan fingerprint density at radius 2 is 2.21 bits per heavy atom. The van der Waals surface area contributed by atoms with Crippen molar-refractivity contribution >= 4 is 0 Å². The molecule has 1 aromatic carbocycles. The summed E-state index contributed by atoms with van der Waals surface area (Å²) < 4.78 is 0. The fraction of sp³-hybridized carbons (Fsp3) is 0.538. The van der Waals surface area contributed by atoms with Gasteiger partial charge in [0.15, 0.2) is 0 Å². The highest BCUT2D eigenvalue weighted by atomic mass is 16.3. The van der Waals surface area contributed by atoms with Crippen LogP contribution in [0.5, 0.6) is 5.75 Å². The van der Waals surface area contributed by atoms with E-state index in [1.807, 2.05) is 6.07 Å². The molecule has 0 saturated heterocycles. The molecule has 2 atom stereocenters. The lowest BCUT2D eigenvalue weighted by atomic mass is 9.90. The van der Waals surface area contributed by atoms with Gasteiger partial charge in [-0.25, -0.2) is 0 Å². The first-order valence-electron chi connectivity index (χ1n) is 5.54. The smallest absolute Gasteiger partial charge is 0.115 e. The number of hydrogen-bond acceptors (Lipinski definition) is 1. The Morgan fingerprint density at radius 3 is 2.93 bits per heavy atom. The minimum Gasteiger partial charge on any atom is -0.508 e. The van der Waals surface area contributed by atoms with Crippen molar-refractivity contribution in [2.24, 2.45) is 5.92 Å². The SMILES string of the molecule is CCC[C@H]1c2cc(O)ccc2C[C@@H]1C. The predicted molar refractivity (Wildman–Crippen MR) is 58.6 cm³/mol. The van der Waals surface area contributed by atoms with Crippen LogP contribution in [0.15, 0.2) is 18.2 Å². The van der Waals surface area contributed by atoms with Gasteiger partial charge >= 0.3 is 0 Å². The summed E-state index contributed by atoms with van der Waals surface area (Å²) >= 11 is 0. The molecule has 1 heteroatoms. The summed E-state index contributed by atoms with van der Waals surface area (Å²) in [5.41, 5.74) is 2.83. The topological polar surface area (TPSA) is 20.2 Å². The van der Waals surface area contributed by atoms with E-state index in [1.165, 1.54) is 30.4 Å². The quantitative estimate of drug-likeness (QED) is 0.757. The molecule has 1 aromatic rings. The molecule has 0 fully saturated rings. The van der Waals surface area contributed by atoms with E-state index in [0.29, 0.717) is 11.7 Å². The second-order valence-electron chi connectivity index (χ2n) is 4.46. The van der Waals surface area contributed by atoms with Crippen LogP contribution in [0.4, 0.5) is 0 Å². The summed E-state index contributed by atoms with van der Waals surface area (Å²) in [5, 5.41) is 9.47. The van der Waals surface area contributed by atoms with Gasteiger partial charge in [-0.15, -0.1) is 0 Å². The largest absolute Gasteiger partial charge is 0.508 e. The monoisotopic (exact) mass is 190 g/mol. The number of benzene rings is 1. The molecule has 1 N–H and O–H groups in total. The Balaban J connectivity index is 2.34. The third kappa shape index (κ3) is 1.52. The lowest BCUT2D eigenvalue weighted by molar-refractivity contribution is 0.458. The number of phenols is 1. The minimum absolute atomic E-state index is 0.416. The highest BCUT2D eigenvalue weighted by Gasteiger charge is 2.28. The Bertz CT molecular complexity index is 330. The molecule has 1 nitrogen and oxygen atoms in total. The van der Waals surface area contributed by atoms with E-state index in [1.54, 1.807) is 6.07 Å². The predicted octanol–water partition coefficient (Wildman–Crippen LogP) is 3.47. The maximum Gasteiger partial charge on any atom is 0.115 e. The fourth-order valence-electron chi connectivity index (χ4n) is 2.66. The van der Waals surface area contributed by atoms with Crippen LogP contribution in [-0.2, 0) is 6.42 Å². The van der Waals surface area contributed by atoms with Crippen LogP contribution in [0.2, 0.25) is 0 Å². The summed E-state index contributed by atoms with van der Waals surface area (Å²) in [7, 11) is 0. The van der Waals surface area contributed by atoms with Crippen molar-refractivity contribution in [1.29, 1.82) is 0 Å². The summed E-state index contributed by atoms with van der Waals surface area (Å²) in [6.07, 6.45) is 3.65. The molecular weight excluding hydrogens is 172 g/mol. The Hall–Kier alpha value is -0.980. The van der Waals surface area contributed by atoms with Crippen molar-refractivity contribution in [3.05, 3.63) is 29.3 Å². The van der Waals surface area contributed by atoms with Gasteiger partial charge in [0.2, 0.25) is 0 Å². The highest BCUT2D eigenvalue weighted by Crippen LogP contribution is 2.41. The van der Waals surface area contributed by atoms with E-state index >= 15 is 0 Å². The molecule has 0 bridgehead atoms. The molecule has 0 amide bonds. The molecular formula is C13H18O. The molecule has 0 spiro atoms. The standard InChI is InChI=1S/C13H18O/c1-3-4-12-9(2)7-10-5-6-11(14)8-13(10)12/h5-6,8-9,12,14H,3-4,7H2,1-2H3/t9-,12+/m0/s1. The van der Waals surface area contributed by atoms with Crippen LogP contribution < -0.4 is 0 Å². The molecule has 0 saturated carbocycles. The third-order valence-electron chi connectivity index (χ3n) is 3.36. The van der Waals surface area contributed by atoms with Gasteiger partial charge in [0.1, 0.15) is 5.75 Å². The van der Waals surface area contributed by atoms with Gasteiger partial charge in [0.05, 0.1) is 0 Å². The highest BCUT2D eigenvalue weighted by molar-refractivity contribution is 5.41. The van der Waals surface area contributed by atoms with E-state index in [4.69, 9.17) is 0 Å². The van der Waals surface area contributed by atoms with Crippen LogP contribution in [0, 0.1) is 5.92 Å². The zero-order valence-electron chi connectivity index (χ0n) is 8.96. The molecule has 2 rings (SSSR count). The van der Waals surface area contributed by atoms with E-state index in [0.717, 1.165) is 5.92 Å². The van der Waals surface area contributed by atoms with Crippen LogP contribution in [0.3, 0.4) is 0 Å². The summed E-state index contributed by atoms with van der Waals surface area (Å²) in [6.45, 7) is 4.55. The van der Waals surface area contributed by atoms with Crippen LogP contribution in [0.1, 0.15) is 43.7 Å². The lowest BCUT2D eigenvalue weighted by Crippen LogP contribution is -2.02. The normalized spacial score (nSPS) is 25.0. The molecule has 0 heterocycles. The zero-order valence-corrected chi connectivity index (χ0v) is 8.96. The van der Waals surface area contributed by atoms with Crippen molar-refractivity contribution in [1.82, 2.24) is 0 Å². The zero-order chi connectivity index (χ0) is 10.1. The molecule has 0 unspecified atom stereocenters. The number of aromatic hydroxyl groups is 1. The van der Waals surface area contributed by atoms with E-state index in [2.05, 4.69) is 19.9 Å². The Kier molecular flexibility index (Phi) is 2.49. The molecule has 0 aromatic heterocycles. The molecule has 1 aliphatic carbocycles. The molecule has 1 aliphatic rings. The van der Waals surface area contributed by atoms with Gasteiger partial charge in [0, 0.05) is 0 Å². The first-order chi connectivity index (χ1) is 6.72. The van der Waals surface area contributed by atoms with Crippen LogP contribution >= 0.6 is 0 Å². The van der Waals surface area contributed by atoms with Crippen LogP contribution in [-0.4, -0.2) is 5.11 Å². The van der Waals surface area contributed by atoms with Crippen molar-refractivity contribution in [3.8, 4) is 5.75 Å². The van der Waals surface area contributed by atoms with Crippen molar-refractivity contribution in [2.75, 3.05) is 0 Å². The first kappa shape index (κ1) is 9.57. The number of phenolic OH excluding ortho intramolecular Hbond substituents is 1. The van der Waals surface area contributed by atoms with Gasteiger partial charge in [-0.3, -0.25) is 0 Å². The second kappa shape index (κ2) is 3.64. The number of hydrogen-bond donors (Lipinski definition) is 1. The van der Waals surface area contributed by atoms with Crippen LogP contribution in [0.25, 0.3) is 0 Å². The first-order valence-corrected chi connectivity index (χ1v) is 5.54. The van der Waals surface area contributed by atoms with Gasteiger partial charge in [-0.1, -0.05) is 26.3 Å². The molecule has 76 valence electrons. The van der Waals surface area contributed by atoms with Gasteiger partial charge in [0.25, 0.3) is 0 Å². The van der Waals surface area contributed by atoms with Crippen molar-refractivity contribution in [2.45, 2.75) is 39.0 Å². The van der Waals surface area contributed by atoms with Crippen molar-refractivity contribution < 1.29 is 5.11 Å². The number of fused-ring (bicyclic) bond motifs is 1. The Labute approximate surface area is 85.8 Å². The lowest BCUT2D eigenvalue weighted by Gasteiger charge is -2.15. The van der Waals surface area contributed by atoms with Gasteiger partial charge in [-0.05, 0) is 47.9 Å². The maximum absolute atomic E-state index is 9.47. The van der Waals surface area contributed by atoms with E-state index < -0.39 is 0 Å². The van der Waals surface area contributed by atoms with Gasteiger partial charge < -0.3 is 5.11 Å². The van der Waals surface area contributed by atoms with E-state index in [9.17, 15) is 5.11 Å². The Morgan fingerprint density at radius 1 is 1.43 bits per heavy atom. The second-order valence-corrected chi connectivity index (χ2v) is 4.46. The van der Waals surface area contributed by atoms with Gasteiger partial charge in [-0.2, -0.15) is 0 Å². The minimum atomic E-state index is 0.416. The maximum atomic E-state index is 9.47. The molecule has 0 radical (unpaired) electrons. The summed E-state index contributed by atoms with van der Waals surface area (Å²) in [5.74, 6) is 1.83. The average Bonchev–Trinajstić information content (AvgIpc) is 2.45. The van der Waals surface area contributed by atoms with E-state index in [-0.39, 0.29) is 0 Å². The summed E-state index contributed by atoms with van der Waals surface area (Å²) in [6, 6.07) is 5.84. The number of rotatable bonds is 2. The fourth-order valence-corrected chi connectivity index (χ4v) is 2.66. The summed E-state index contributed by atoms with van der Waals surface area (Å²) in [4.78, 5) is 0.